The molecule has 0 aliphatic carbocycles. The second kappa shape index (κ2) is 4.08. The molecule has 0 bridgehead atoms. The Balaban J connectivity index is 2.14. The Hall–Kier alpha value is -2.87. The van der Waals surface area contributed by atoms with Gasteiger partial charge in [-0.15, -0.1) is 0 Å². The summed E-state index contributed by atoms with van der Waals surface area (Å²) in [5, 5.41) is 2.98. The fraction of sp³-hybridized carbons (Fsp3) is 0.0500. The molecule has 1 aliphatic rings. The maximum Gasteiger partial charge on any atom is 0.263 e. The van der Waals surface area contributed by atoms with Crippen LogP contribution in [0.1, 0.15) is 11.1 Å². The van der Waals surface area contributed by atoms with Gasteiger partial charge >= 0.3 is 0 Å². The van der Waals surface area contributed by atoms with Gasteiger partial charge in [0.25, 0.3) is 5.56 Å². The first-order valence-corrected chi connectivity index (χ1v) is 7.48. The molecule has 0 saturated heterocycles. The SMILES string of the molecule is O=c1c2ccccc2c2cccc3c2n1-c1ccccc1C3. The van der Waals surface area contributed by atoms with Crippen molar-refractivity contribution >= 4 is 21.7 Å². The molecule has 0 N–H and O–H groups in total. The Bertz CT molecular complexity index is 1120. The van der Waals surface area contributed by atoms with E-state index in [1.54, 1.807) is 0 Å². The van der Waals surface area contributed by atoms with Crippen molar-refractivity contribution in [1.82, 2.24) is 4.57 Å². The highest BCUT2D eigenvalue weighted by atomic mass is 16.1. The molecule has 0 spiro atoms. The highest BCUT2D eigenvalue weighted by Gasteiger charge is 2.20. The van der Waals surface area contributed by atoms with E-state index in [1.807, 2.05) is 47.0 Å². The zero-order chi connectivity index (χ0) is 14.7. The third-order valence-corrected chi connectivity index (χ3v) is 4.61. The van der Waals surface area contributed by atoms with E-state index < -0.39 is 0 Å². The second-order valence-electron chi connectivity index (χ2n) is 5.80. The lowest BCUT2D eigenvalue weighted by molar-refractivity contribution is 0.977. The first-order chi connectivity index (χ1) is 10.8. The minimum absolute atomic E-state index is 0.0719. The van der Waals surface area contributed by atoms with Gasteiger partial charge in [0.15, 0.2) is 0 Å². The van der Waals surface area contributed by atoms with E-state index in [4.69, 9.17) is 0 Å². The van der Waals surface area contributed by atoms with Gasteiger partial charge in [0.1, 0.15) is 0 Å². The largest absolute Gasteiger partial charge is 0.276 e. The number of hydrogen-bond acceptors (Lipinski definition) is 1. The second-order valence-corrected chi connectivity index (χ2v) is 5.80. The van der Waals surface area contributed by atoms with Gasteiger partial charge in [-0.2, -0.15) is 0 Å². The third kappa shape index (κ3) is 1.37. The molecule has 0 unspecified atom stereocenters. The molecule has 4 aromatic rings. The van der Waals surface area contributed by atoms with Crippen molar-refractivity contribution in [2.24, 2.45) is 0 Å². The van der Waals surface area contributed by atoms with E-state index in [0.717, 1.165) is 33.8 Å². The number of nitrogens with zero attached hydrogens (tertiary/aromatic N) is 1. The lowest BCUT2D eigenvalue weighted by Crippen LogP contribution is -2.23. The zero-order valence-electron chi connectivity index (χ0n) is 11.9. The standard InChI is InChI=1S/C20H13NO/c22-20-17-9-3-2-8-15(17)16-10-5-7-14-12-13-6-1-4-11-18(13)21(20)19(14)16/h1-11H,12H2. The Morgan fingerprint density at radius 1 is 0.682 bits per heavy atom. The number of hydrogen-bond donors (Lipinski definition) is 0. The fourth-order valence-corrected chi connectivity index (χ4v) is 3.66. The molecule has 2 heterocycles. The van der Waals surface area contributed by atoms with E-state index in [1.165, 1.54) is 11.1 Å². The summed E-state index contributed by atoms with van der Waals surface area (Å²) in [7, 11) is 0. The quantitative estimate of drug-likeness (QED) is 0.393. The van der Waals surface area contributed by atoms with Crippen molar-refractivity contribution in [2.75, 3.05) is 0 Å². The summed E-state index contributed by atoms with van der Waals surface area (Å²) >= 11 is 0. The van der Waals surface area contributed by atoms with E-state index >= 15 is 0 Å². The predicted octanol–water partition coefficient (Wildman–Crippen LogP) is 4.05. The molecule has 104 valence electrons. The summed E-state index contributed by atoms with van der Waals surface area (Å²) in [5.41, 5.74) is 4.58. The number of pyridine rings is 1. The van der Waals surface area contributed by atoms with E-state index in [-0.39, 0.29) is 5.56 Å². The van der Waals surface area contributed by atoms with Crippen LogP contribution in [-0.2, 0) is 6.42 Å². The van der Waals surface area contributed by atoms with Crippen LogP contribution in [0.5, 0.6) is 0 Å². The van der Waals surface area contributed by atoms with Gasteiger partial charge in [0, 0.05) is 17.2 Å². The number of aromatic nitrogens is 1. The Kier molecular flexibility index (Phi) is 2.18. The molecule has 2 nitrogen and oxygen atoms in total. The smallest absolute Gasteiger partial charge is 0.263 e. The van der Waals surface area contributed by atoms with Crippen molar-refractivity contribution in [3.05, 3.63) is 88.2 Å². The van der Waals surface area contributed by atoms with Gasteiger partial charge in [0.2, 0.25) is 0 Å². The van der Waals surface area contributed by atoms with Crippen molar-refractivity contribution in [1.29, 1.82) is 0 Å². The summed E-state index contributed by atoms with van der Waals surface area (Å²) in [6.45, 7) is 0. The van der Waals surface area contributed by atoms with Crippen molar-refractivity contribution in [3.8, 4) is 5.69 Å². The molecule has 0 fully saturated rings. The van der Waals surface area contributed by atoms with Crippen LogP contribution in [0.3, 0.4) is 0 Å². The lowest BCUT2D eigenvalue weighted by Gasteiger charge is -2.23. The molecule has 0 saturated carbocycles. The highest BCUT2D eigenvalue weighted by molar-refractivity contribution is 6.07. The van der Waals surface area contributed by atoms with Crippen molar-refractivity contribution < 1.29 is 0 Å². The fourth-order valence-electron chi connectivity index (χ4n) is 3.66. The zero-order valence-corrected chi connectivity index (χ0v) is 11.9. The molecular weight excluding hydrogens is 270 g/mol. The Morgan fingerprint density at radius 3 is 2.27 bits per heavy atom. The van der Waals surface area contributed by atoms with Crippen LogP contribution in [-0.4, -0.2) is 4.57 Å². The first-order valence-electron chi connectivity index (χ1n) is 7.48. The molecule has 5 rings (SSSR count). The van der Waals surface area contributed by atoms with Gasteiger partial charge < -0.3 is 0 Å². The number of rotatable bonds is 0. The van der Waals surface area contributed by atoms with Crippen LogP contribution in [0, 0.1) is 0 Å². The van der Waals surface area contributed by atoms with Crippen molar-refractivity contribution in [2.45, 2.75) is 6.42 Å². The van der Waals surface area contributed by atoms with Gasteiger partial charge in [-0.3, -0.25) is 9.36 Å². The number of benzene rings is 3. The minimum atomic E-state index is 0.0719. The topological polar surface area (TPSA) is 22.0 Å². The minimum Gasteiger partial charge on any atom is -0.276 e. The van der Waals surface area contributed by atoms with Crippen molar-refractivity contribution in [3.63, 3.8) is 0 Å². The molecule has 1 aromatic heterocycles. The summed E-state index contributed by atoms with van der Waals surface area (Å²) in [4.78, 5) is 13.1. The predicted molar refractivity (Wildman–Crippen MR) is 89.9 cm³/mol. The summed E-state index contributed by atoms with van der Waals surface area (Å²) in [6, 6.07) is 22.4. The maximum atomic E-state index is 13.1. The van der Waals surface area contributed by atoms with Crippen LogP contribution in [0.4, 0.5) is 0 Å². The average Bonchev–Trinajstić information content (AvgIpc) is 2.58. The van der Waals surface area contributed by atoms with E-state index in [9.17, 15) is 4.79 Å². The lowest BCUT2D eigenvalue weighted by atomic mass is 9.94. The van der Waals surface area contributed by atoms with Gasteiger partial charge in [-0.25, -0.2) is 0 Å². The number of fused-ring (bicyclic) bond motifs is 4. The first kappa shape index (κ1) is 11.8. The molecule has 3 aromatic carbocycles. The molecule has 0 atom stereocenters. The molecule has 22 heavy (non-hydrogen) atoms. The summed E-state index contributed by atoms with van der Waals surface area (Å²) in [5.74, 6) is 0. The third-order valence-electron chi connectivity index (χ3n) is 4.61. The van der Waals surface area contributed by atoms with Crippen LogP contribution in [0.2, 0.25) is 0 Å². The van der Waals surface area contributed by atoms with Crippen LogP contribution >= 0.6 is 0 Å². The van der Waals surface area contributed by atoms with Crippen LogP contribution in [0.25, 0.3) is 27.4 Å². The summed E-state index contributed by atoms with van der Waals surface area (Å²) < 4.78 is 1.89. The van der Waals surface area contributed by atoms with Crippen LogP contribution < -0.4 is 5.56 Å². The Labute approximate surface area is 127 Å². The molecule has 0 amide bonds. The van der Waals surface area contributed by atoms with Gasteiger partial charge in [-0.05, 0) is 28.6 Å². The maximum absolute atomic E-state index is 13.1. The van der Waals surface area contributed by atoms with E-state index in [0.29, 0.717) is 0 Å². The Morgan fingerprint density at radius 2 is 1.36 bits per heavy atom. The normalized spacial score (nSPS) is 12.5. The molecule has 1 aliphatic heterocycles. The molecule has 0 radical (unpaired) electrons. The van der Waals surface area contributed by atoms with Crippen LogP contribution in [0.15, 0.2) is 71.5 Å². The summed E-state index contributed by atoms with van der Waals surface area (Å²) in [6.07, 6.45) is 0.880. The average molecular weight is 283 g/mol. The van der Waals surface area contributed by atoms with Gasteiger partial charge in [-0.1, -0.05) is 54.6 Å². The molecular formula is C20H13NO. The van der Waals surface area contributed by atoms with E-state index in [2.05, 4.69) is 24.3 Å². The molecule has 2 heteroatoms. The monoisotopic (exact) mass is 283 g/mol. The highest BCUT2D eigenvalue weighted by Crippen LogP contribution is 2.33. The number of para-hydroxylation sites is 2. The van der Waals surface area contributed by atoms with Gasteiger partial charge in [0.05, 0.1) is 11.2 Å².